The van der Waals surface area contributed by atoms with Crippen molar-refractivity contribution in [1.82, 2.24) is 28.9 Å². The number of para-hydroxylation sites is 4. The standard InChI is InChI=1S/C36H29N3O5.C34H27N3O4.Li.2H2O/c1-20(40)44-24-17-13-22(14-18-24)39-28-10-6-4-8-26(28)30-32-31(29-25-7-3-5-9-27(25)37-33(29)34(30)39)35(41)38(36(32)42)19-21-11-15-23(43-2)16-12-21;1-41-22-16-10-19(11-17-22)18-36-33(39)29-27-23-6-2-4-8-25(23)35-31(27)32-28(30(29)34(36)40)24-7-3-5-9-26(24)37(32)20-12-14-21(38)15-13-20;;;/h3-13,15-17,22,24,37H,14,18-19H2,1-2H3;2-12,14,16-17,20-21,35,38H,13,15,18H2,1H3;;2*1H2/q;;+1;;/p-1/t22?,24-;20?,21-;;;/m00.../s1. The maximum atomic E-state index is 14.4. The van der Waals surface area contributed by atoms with Gasteiger partial charge < -0.3 is 49.4 Å². The number of carbonyl (C=O) groups excluding carboxylic acids is 5. The van der Waals surface area contributed by atoms with Crippen LogP contribution in [0.4, 0.5) is 0 Å². The predicted octanol–water partition coefficient (Wildman–Crippen LogP) is 9.54. The monoisotopic (exact) mass is 1170 g/mol. The molecular formula is C70H59LiN6O11. The third-order valence-electron chi connectivity index (χ3n) is 17.6. The third kappa shape index (κ3) is 9.07. The number of aromatic nitrogens is 4. The summed E-state index contributed by atoms with van der Waals surface area (Å²) >= 11 is 0. The van der Waals surface area contributed by atoms with Gasteiger partial charge in [-0.2, -0.15) is 0 Å². The second-order valence-corrected chi connectivity index (χ2v) is 22.4. The number of amides is 4. The van der Waals surface area contributed by atoms with Gasteiger partial charge in [0.2, 0.25) is 0 Å². The Balaban J connectivity index is 0.000000166. The van der Waals surface area contributed by atoms with Gasteiger partial charge in [0.05, 0.1) is 89.8 Å². The van der Waals surface area contributed by atoms with Crippen molar-refractivity contribution in [3.63, 3.8) is 0 Å². The van der Waals surface area contributed by atoms with Crippen LogP contribution in [0.25, 0.3) is 87.2 Å². The van der Waals surface area contributed by atoms with Gasteiger partial charge in [-0.05, 0) is 91.4 Å². The largest absolute Gasteiger partial charge is 1.00 e. The summed E-state index contributed by atoms with van der Waals surface area (Å²) in [5, 5.41) is 17.0. The number of aromatic amines is 2. The average molecular weight is 1170 g/mol. The van der Waals surface area contributed by atoms with E-state index in [1.54, 1.807) is 14.2 Å². The van der Waals surface area contributed by atoms with Crippen molar-refractivity contribution in [3.05, 3.63) is 203 Å². The summed E-state index contributed by atoms with van der Waals surface area (Å²) < 4.78 is 20.6. The number of aliphatic hydroxyl groups excluding tert-OH is 1. The van der Waals surface area contributed by atoms with Crippen LogP contribution >= 0.6 is 0 Å². The molecule has 4 aliphatic rings. The van der Waals surface area contributed by atoms with Gasteiger partial charge in [-0.3, -0.25) is 33.8 Å². The third-order valence-corrected chi connectivity index (χ3v) is 17.6. The summed E-state index contributed by atoms with van der Waals surface area (Å²) in [5.74, 6) is -0.0261. The van der Waals surface area contributed by atoms with Crippen LogP contribution in [0.1, 0.15) is 97.2 Å². The van der Waals surface area contributed by atoms with Crippen LogP contribution in [0.3, 0.4) is 0 Å². The maximum Gasteiger partial charge on any atom is 1.00 e. The summed E-state index contributed by atoms with van der Waals surface area (Å²) in [6, 6.07) is 46.9. The van der Waals surface area contributed by atoms with E-state index in [1.165, 1.54) is 16.7 Å². The van der Waals surface area contributed by atoms with Gasteiger partial charge in [0.15, 0.2) is 0 Å². The zero-order chi connectivity index (χ0) is 57.9. The normalized spacial score (nSPS) is 17.9. The van der Waals surface area contributed by atoms with E-state index in [1.807, 2.05) is 146 Å². The zero-order valence-electron chi connectivity index (χ0n) is 48.7. The van der Waals surface area contributed by atoms with E-state index < -0.39 is 6.10 Å². The van der Waals surface area contributed by atoms with E-state index in [0.717, 1.165) is 117 Å². The van der Waals surface area contributed by atoms with E-state index in [0.29, 0.717) is 40.8 Å². The number of methoxy groups -OCH3 is 2. The minimum atomic E-state index is -0.456. The number of benzene rings is 8. The van der Waals surface area contributed by atoms with E-state index in [2.05, 4.69) is 43.4 Å². The second-order valence-electron chi connectivity index (χ2n) is 22.4. The molecule has 12 aromatic rings. The van der Waals surface area contributed by atoms with Crippen molar-refractivity contribution in [2.24, 2.45) is 0 Å². The Morgan fingerprint density at radius 1 is 0.500 bits per heavy atom. The first-order chi connectivity index (χ1) is 41.5. The van der Waals surface area contributed by atoms with Gasteiger partial charge in [0.25, 0.3) is 23.6 Å². The Labute approximate surface area is 515 Å². The van der Waals surface area contributed by atoms with Gasteiger partial charge in [-0.25, -0.2) is 0 Å². The van der Waals surface area contributed by atoms with Gasteiger partial charge in [0, 0.05) is 72.1 Å². The first-order valence-electron chi connectivity index (χ1n) is 28.7. The summed E-state index contributed by atoms with van der Waals surface area (Å²) in [4.78, 5) is 78.9. The number of imide groups is 2. The molecule has 88 heavy (non-hydrogen) atoms. The number of allylic oxidation sites excluding steroid dienone is 2. The predicted molar refractivity (Wildman–Crippen MR) is 334 cm³/mol. The summed E-state index contributed by atoms with van der Waals surface area (Å²) in [6.45, 7) is 1.75. The number of nitrogens with zero attached hydrogens (tertiary/aromatic N) is 4. The van der Waals surface area contributed by atoms with Gasteiger partial charge >= 0.3 is 24.8 Å². The molecule has 0 saturated carbocycles. The number of fused-ring (bicyclic) bond motifs is 20. The molecule has 8 aromatic carbocycles. The minimum absolute atomic E-state index is 0. The van der Waals surface area contributed by atoms with Gasteiger partial charge in [-0.1, -0.05) is 115 Å². The zero-order valence-corrected chi connectivity index (χ0v) is 48.7. The Hall–Kier alpha value is -9.73. The van der Waals surface area contributed by atoms with Crippen molar-refractivity contribution in [3.8, 4) is 11.5 Å². The fourth-order valence-corrected chi connectivity index (χ4v) is 13.9. The summed E-state index contributed by atoms with van der Waals surface area (Å²) in [6.07, 6.45) is 10.1. The molecule has 6 N–H and O–H groups in total. The Morgan fingerprint density at radius 2 is 0.886 bits per heavy atom. The topological polar surface area (TPSA) is 243 Å². The van der Waals surface area contributed by atoms with Crippen LogP contribution in [0.15, 0.2) is 170 Å². The molecule has 0 saturated heterocycles. The van der Waals surface area contributed by atoms with Crippen LogP contribution < -0.4 is 28.3 Å². The van der Waals surface area contributed by atoms with Crippen molar-refractivity contribution in [2.75, 3.05) is 14.2 Å². The number of hydrogen-bond donors (Lipinski definition) is 3. The quantitative estimate of drug-likeness (QED) is 0.0535. The molecule has 17 nitrogen and oxygen atoms in total. The van der Waals surface area contributed by atoms with E-state index in [4.69, 9.17) is 14.2 Å². The molecule has 2 unspecified atom stereocenters. The van der Waals surface area contributed by atoms with E-state index >= 15 is 0 Å². The van der Waals surface area contributed by atoms with Crippen LogP contribution in [0.2, 0.25) is 0 Å². The van der Waals surface area contributed by atoms with Crippen LogP contribution in [0.5, 0.6) is 11.5 Å². The molecule has 0 spiro atoms. The molecular weight excluding hydrogens is 1110 g/mol. The fourth-order valence-electron chi connectivity index (χ4n) is 13.9. The van der Waals surface area contributed by atoms with Gasteiger partial charge in [-0.15, -0.1) is 0 Å². The number of esters is 1. The van der Waals surface area contributed by atoms with Crippen molar-refractivity contribution in [1.29, 1.82) is 0 Å². The number of aliphatic hydroxyl groups is 1. The van der Waals surface area contributed by atoms with Crippen molar-refractivity contribution >= 4 is 117 Å². The second kappa shape index (κ2) is 22.8. The van der Waals surface area contributed by atoms with Gasteiger partial charge in [0.1, 0.15) is 17.6 Å². The number of carbonyl (C=O) groups is 5. The number of ether oxygens (including phenoxy) is 3. The molecule has 2 aliphatic heterocycles. The molecule has 16 rings (SSSR count). The maximum absolute atomic E-state index is 14.4. The van der Waals surface area contributed by atoms with E-state index in [9.17, 15) is 29.1 Å². The van der Waals surface area contributed by atoms with Crippen LogP contribution in [-0.2, 0) is 22.6 Å². The van der Waals surface area contributed by atoms with E-state index in [-0.39, 0.29) is 90.7 Å². The molecule has 4 atom stereocenters. The Morgan fingerprint density at radius 3 is 1.27 bits per heavy atom. The molecule has 18 heteroatoms. The SMILES string of the molecule is COc1ccc(CN2C(=O)c3c(c4c5ccccc5n(C5C=C[C@H](O)CC5)c4c4[nH]c5ccccc5c34)C2=O)cc1.COc1ccc(CN2C(=O)c3c(c4c5ccccc5n(C5C=C[C@H](OC(C)=O)CC5)c4c4[nH]c5ccccc5c34)C2=O)cc1.O.[Li+].[OH-]. The summed E-state index contributed by atoms with van der Waals surface area (Å²) in [5.41, 5.74) is 10.8. The van der Waals surface area contributed by atoms with Crippen LogP contribution in [0, 0.1) is 0 Å². The molecule has 0 bridgehead atoms. The number of H-pyrrole nitrogens is 2. The number of hydrogen-bond acceptors (Lipinski definition) is 10. The average Bonchev–Trinajstić information content (AvgIpc) is 1.58. The summed E-state index contributed by atoms with van der Waals surface area (Å²) in [7, 11) is 3.22. The smallest absolute Gasteiger partial charge is 0.870 e. The molecule has 4 aromatic heterocycles. The number of rotatable bonds is 9. The molecule has 0 radical (unpaired) electrons. The molecule has 0 fully saturated rings. The molecule has 2 aliphatic carbocycles. The Bertz CT molecular complexity index is 4920. The first-order valence-corrected chi connectivity index (χ1v) is 28.7. The van der Waals surface area contributed by atoms with Crippen LogP contribution in [-0.4, -0.2) is 101 Å². The number of nitrogens with one attached hydrogen (secondary N) is 2. The molecule has 6 heterocycles. The molecule has 4 amide bonds. The van der Waals surface area contributed by atoms with Crippen molar-refractivity contribution < 1.29 is 73.1 Å². The fraction of sp³-hybridized carbons (Fsp3) is 0.186. The molecule has 436 valence electrons. The minimum Gasteiger partial charge on any atom is -0.870 e. The van der Waals surface area contributed by atoms with Crippen molar-refractivity contribution in [2.45, 2.75) is 70.0 Å². The first kappa shape index (κ1) is 58.6. The Kier molecular flexibility index (Phi) is 15.2.